The first-order valence-corrected chi connectivity index (χ1v) is 16.1. The Hall–Kier alpha value is 0.484. The molecule has 1 atom stereocenters. The van der Waals surface area contributed by atoms with Crippen molar-refractivity contribution in [3.8, 4) is 0 Å². The molecule has 0 spiro atoms. The maximum absolute atomic E-state index is 5.99. The van der Waals surface area contributed by atoms with Crippen molar-refractivity contribution in [3.05, 3.63) is 9.67 Å². The van der Waals surface area contributed by atoms with Crippen molar-refractivity contribution in [2.45, 2.75) is 20.8 Å². The van der Waals surface area contributed by atoms with E-state index in [-0.39, 0.29) is 0 Å². The molecule has 0 aromatic rings. The molecular formula is C11H23BN2OSn. The third kappa shape index (κ3) is 2.50. The van der Waals surface area contributed by atoms with Crippen LogP contribution in [0.5, 0.6) is 0 Å². The van der Waals surface area contributed by atoms with E-state index < -0.39 is 18.4 Å². The first-order chi connectivity index (χ1) is 7.39. The van der Waals surface area contributed by atoms with Crippen LogP contribution in [-0.4, -0.2) is 74.8 Å². The second-order valence-electron chi connectivity index (χ2n) is 6.09. The predicted octanol–water partition coefficient (Wildman–Crippen LogP) is 1.09. The summed E-state index contributed by atoms with van der Waals surface area (Å²) in [7, 11) is 4.40. The van der Waals surface area contributed by atoms with Crippen LogP contribution in [0.3, 0.4) is 0 Å². The summed E-state index contributed by atoms with van der Waals surface area (Å²) in [6.07, 6.45) is 2.43. The number of rotatable bonds is 2. The minimum atomic E-state index is -1.88. The molecule has 0 saturated carbocycles. The molecule has 0 aromatic carbocycles. The molecule has 2 aliphatic rings. The van der Waals surface area contributed by atoms with Crippen molar-refractivity contribution in [1.82, 2.24) is 9.62 Å². The second-order valence-corrected chi connectivity index (χ2v) is 20.8. The molecule has 16 heavy (non-hydrogen) atoms. The van der Waals surface area contributed by atoms with Crippen molar-refractivity contribution >= 4 is 25.4 Å². The van der Waals surface area contributed by atoms with E-state index in [4.69, 9.17) is 4.74 Å². The quantitative estimate of drug-likeness (QED) is 0.706. The Morgan fingerprint density at radius 3 is 2.25 bits per heavy atom. The van der Waals surface area contributed by atoms with Crippen molar-refractivity contribution in [1.29, 1.82) is 0 Å². The Bertz CT molecular complexity index is 293. The van der Waals surface area contributed by atoms with E-state index in [9.17, 15) is 0 Å². The van der Waals surface area contributed by atoms with Gasteiger partial charge in [-0.25, -0.2) is 0 Å². The molecule has 1 fully saturated rings. The van der Waals surface area contributed by atoms with Gasteiger partial charge in [-0.15, -0.1) is 0 Å². The van der Waals surface area contributed by atoms with Gasteiger partial charge >= 0.3 is 104 Å². The van der Waals surface area contributed by atoms with Crippen LogP contribution in [0.2, 0.25) is 14.8 Å². The van der Waals surface area contributed by atoms with Crippen LogP contribution in [0.4, 0.5) is 0 Å². The van der Waals surface area contributed by atoms with Gasteiger partial charge in [0, 0.05) is 0 Å². The topological polar surface area (TPSA) is 15.7 Å². The van der Waals surface area contributed by atoms with E-state index in [1.54, 1.807) is 3.59 Å². The SMILES string of the molecule is CN1CCN(C)B1C1C=[C]([Sn]([CH3])([CH3])[CH3])CO1. The molecule has 0 aliphatic carbocycles. The van der Waals surface area contributed by atoms with Gasteiger partial charge in [0.1, 0.15) is 0 Å². The molecular weight excluding hydrogens is 306 g/mol. The molecule has 0 aromatic heterocycles. The molecule has 0 radical (unpaired) electrons. The Labute approximate surface area is 104 Å². The summed E-state index contributed by atoms with van der Waals surface area (Å²) >= 11 is -1.88. The Balaban J connectivity index is 2.10. The number of hydrogen-bond donors (Lipinski definition) is 0. The summed E-state index contributed by atoms with van der Waals surface area (Å²) in [6, 6.07) is 0.295. The fourth-order valence-electron chi connectivity index (χ4n) is 2.54. The van der Waals surface area contributed by atoms with Crippen molar-refractivity contribution in [2.75, 3.05) is 33.8 Å². The summed E-state index contributed by atoms with van der Waals surface area (Å²) in [5.41, 5.74) is 0. The third-order valence-electron chi connectivity index (χ3n) is 3.76. The van der Waals surface area contributed by atoms with Gasteiger partial charge < -0.3 is 0 Å². The Morgan fingerprint density at radius 1 is 1.25 bits per heavy atom. The summed E-state index contributed by atoms with van der Waals surface area (Å²) in [5.74, 6) is 0. The molecule has 0 bridgehead atoms. The first-order valence-electron chi connectivity index (χ1n) is 6.13. The molecule has 2 rings (SSSR count). The Morgan fingerprint density at radius 2 is 1.81 bits per heavy atom. The van der Waals surface area contributed by atoms with Crippen molar-refractivity contribution in [2.24, 2.45) is 0 Å². The molecule has 1 unspecified atom stereocenters. The van der Waals surface area contributed by atoms with E-state index in [1.165, 1.54) is 0 Å². The van der Waals surface area contributed by atoms with Crippen LogP contribution >= 0.6 is 0 Å². The van der Waals surface area contributed by atoms with Crippen molar-refractivity contribution < 1.29 is 4.74 Å². The molecule has 2 heterocycles. The van der Waals surface area contributed by atoms with Crippen LogP contribution in [-0.2, 0) is 4.74 Å². The van der Waals surface area contributed by atoms with Gasteiger partial charge in [-0.3, -0.25) is 0 Å². The zero-order chi connectivity index (χ0) is 11.9. The number of ether oxygens (including phenoxy) is 1. The van der Waals surface area contributed by atoms with E-state index in [0.29, 0.717) is 13.0 Å². The average Bonchev–Trinajstić information content (AvgIpc) is 2.72. The number of hydrogen-bond acceptors (Lipinski definition) is 3. The van der Waals surface area contributed by atoms with Gasteiger partial charge in [-0.2, -0.15) is 0 Å². The summed E-state index contributed by atoms with van der Waals surface area (Å²) in [5, 5.41) is 0. The van der Waals surface area contributed by atoms with Gasteiger partial charge in [-0.05, 0) is 0 Å². The normalized spacial score (nSPS) is 28.9. The maximum atomic E-state index is 5.99. The zero-order valence-electron chi connectivity index (χ0n) is 11.2. The predicted molar refractivity (Wildman–Crippen MR) is 72.2 cm³/mol. The van der Waals surface area contributed by atoms with E-state index in [2.05, 4.69) is 44.6 Å². The number of nitrogens with zero attached hydrogens (tertiary/aromatic N) is 2. The first kappa shape index (κ1) is 12.9. The second kappa shape index (κ2) is 4.63. The zero-order valence-corrected chi connectivity index (χ0v) is 14.0. The van der Waals surface area contributed by atoms with Gasteiger partial charge in [-0.1, -0.05) is 0 Å². The van der Waals surface area contributed by atoms with Crippen LogP contribution in [0.15, 0.2) is 9.67 Å². The monoisotopic (exact) mass is 330 g/mol. The molecule has 0 amide bonds. The number of likely N-dealkylation sites (N-methyl/N-ethyl adjacent to an activating group) is 2. The van der Waals surface area contributed by atoms with Crippen molar-refractivity contribution in [3.63, 3.8) is 0 Å². The van der Waals surface area contributed by atoms with E-state index in [1.807, 2.05) is 0 Å². The van der Waals surface area contributed by atoms with Gasteiger partial charge in [0.05, 0.1) is 0 Å². The summed E-state index contributed by atoms with van der Waals surface area (Å²) < 4.78 is 7.64. The minimum absolute atomic E-state index is 0.295. The molecule has 0 N–H and O–H groups in total. The van der Waals surface area contributed by atoms with Crippen LogP contribution < -0.4 is 0 Å². The van der Waals surface area contributed by atoms with Crippen LogP contribution in [0.25, 0.3) is 0 Å². The fourth-order valence-corrected chi connectivity index (χ4v) is 5.91. The summed E-state index contributed by atoms with van der Waals surface area (Å²) in [4.78, 5) is 12.2. The van der Waals surface area contributed by atoms with Crippen LogP contribution in [0.1, 0.15) is 0 Å². The van der Waals surface area contributed by atoms with E-state index >= 15 is 0 Å². The molecule has 5 heteroatoms. The summed E-state index contributed by atoms with van der Waals surface area (Å²) in [6.45, 7) is 3.65. The molecule has 1 saturated heterocycles. The standard InChI is InChI=1S/C8H14BN2O.3CH3.Sn/c1-10-5-6-11(2)9(10)8-4-3-7-12-8;;;;/h4,8H,5-7H2,1-2H3;3*1H3;. The van der Waals surface area contributed by atoms with Gasteiger partial charge in [0.25, 0.3) is 0 Å². The van der Waals surface area contributed by atoms with Crippen LogP contribution in [0, 0.1) is 0 Å². The third-order valence-corrected chi connectivity index (χ3v) is 10.1. The fraction of sp³-hybridized carbons (Fsp3) is 0.818. The molecule has 2 aliphatic heterocycles. The van der Waals surface area contributed by atoms with E-state index in [0.717, 1.165) is 19.7 Å². The van der Waals surface area contributed by atoms with Gasteiger partial charge in [0.2, 0.25) is 0 Å². The average molecular weight is 329 g/mol. The van der Waals surface area contributed by atoms with Gasteiger partial charge in [0.15, 0.2) is 0 Å². The molecule has 90 valence electrons. The molecule has 3 nitrogen and oxygen atoms in total. The Kier molecular flexibility index (Phi) is 3.74.